The highest BCUT2D eigenvalue weighted by Crippen LogP contribution is 2.33. The second-order valence-electron chi connectivity index (χ2n) is 7.43. The SMILES string of the molecule is Cc1cn(-c2cccc(Oc3cc(C(=O)O)cc(Oc4cc(C(=N)N)ccc4O)n3)c2)c(C)n1. The number of aromatic carboxylic acids is 1. The van der Waals surface area contributed by atoms with Crippen LogP contribution in [0, 0.1) is 19.3 Å². The predicted octanol–water partition coefficient (Wildman–Crippen LogP) is 4.16. The van der Waals surface area contributed by atoms with Gasteiger partial charge in [-0.05, 0) is 44.2 Å². The Hall–Kier alpha value is -4.86. The van der Waals surface area contributed by atoms with Gasteiger partial charge in [0.2, 0.25) is 11.8 Å². The topological polar surface area (TPSA) is 157 Å². The maximum atomic E-state index is 11.7. The number of amidine groups is 1. The maximum absolute atomic E-state index is 11.7. The summed E-state index contributed by atoms with van der Waals surface area (Å²) in [5, 5.41) is 27.2. The van der Waals surface area contributed by atoms with Crippen LogP contribution >= 0.6 is 0 Å². The van der Waals surface area contributed by atoms with Gasteiger partial charge in [-0.25, -0.2) is 9.78 Å². The van der Waals surface area contributed by atoms with Gasteiger partial charge < -0.3 is 30.0 Å². The second-order valence-corrected chi connectivity index (χ2v) is 7.43. The number of aromatic hydroxyl groups is 1. The van der Waals surface area contributed by atoms with Crippen molar-refractivity contribution in [3.63, 3.8) is 0 Å². The number of hydrogen-bond acceptors (Lipinski definition) is 7. The van der Waals surface area contributed by atoms with Crippen LogP contribution in [0.15, 0.2) is 60.8 Å². The van der Waals surface area contributed by atoms with Crippen molar-refractivity contribution in [2.45, 2.75) is 13.8 Å². The van der Waals surface area contributed by atoms with Crippen molar-refractivity contribution in [1.82, 2.24) is 14.5 Å². The number of rotatable bonds is 7. The largest absolute Gasteiger partial charge is 0.504 e. The van der Waals surface area contributed by atoms with Crippen molar-refractivity contribution in [2.24, 2.45) is 5.73 Å². The first kappa shape index (κ1) is 22.3. The molecule has 0 atom stereocenters. The number of imidazole rings is 1. The van der Waals surface area contributed by atoms with Crippen LogP contribution in [0.5, 0.6) is 29.0 Å². The number of benzene rings is 2. The fraction of sp³-hybridized carbons (Fsp3) is 0.0833. The Morgan fingerprint density at radius 2 is 1.74 bits per heavy atom. The molecular formula is C24H21N5O5. The highest BCUT2D eigenvalue weighted by atomic mass is 16.5. The molecule has 172 valence electrons. The van der Waals surface area contributed by atoms with Crippen LogP contribution in [0.1, 0.15) is 27.4 Å². The summed E-state index contributed by atoms with van der Waals surface area (Å²) in [7, 11) is 0. The molecule has 0 unspecified atom stereocenters. The van der Waals surface area contributed by atoms with Gasteiger partial charge in [-0.1, -0.05) is 6.07 Å². The molecule has 10 heteroatoms. The molecule has 0 aliphatic carbocycles. The molecule has 34 heavy (non-hydrogen) atoms. The number of nitrogens with one attached hydrogen (secondary N) is 1. The highest BCUT2D eigenvalue weighted by molar-refractivity contribution is 5.95. The molecule has 5 N–H and O–H groups in total. The molecule has 4 rings (SSSR count). The third kappa shape index (κ3) is 4.80. The number of aromatic nitrogens is 3. The summed E-state index contributed by atoms with van der Waals surface area (Å²) in [5.74, 6) is -0.609. The Labute approximate surface area is 194 Å². The Morgan fingerprint density at radius 1 is 1.00 bits per heavy atom. The molecule has 0 spiro atoms. The van der Waals surface area contributed by atoms with Crippen molar-refractivity contribution in [3.8, 4) is 34.7 Å². The van der Waals surface area contributed by atoms with Crippen molar-refractivity contribution in [1.29, 1.82) is 5.41 Å². The van der Waals surface area contributed by atoms with Crippen LogP contribution < -0.4 is 15.2 Å². The first-order chi connectivity index (χ1) is 16.2. The number of aryl methyl sites for hydroxylation is 2. The average molecular weight is 459 g/mol. The van der Waals surface area contributed by atoms with Crippen molar-refractivity contribution in [3.05, 3.63) is 83.4 Å². The van der Waals surface area contributed by atoms with E-state index in [0.717, 1.165) is 17.2 Å². The Balaban J connectivity index is 1.67. The van der Waals surface area contributed by atoms with Gasteiger partial charge in [-0.2, -0.15) is 4.98 Å². The van der Waals surface area contributed by atoms with Crippen LogP contribution in [0.2, 0.25) is 0 Å². The van der Waals surface area contributed by atoms with Crippen LogP contribution in [0.4, 0.5) is 0 Å². The zero-order chi connectivity index (χ0) is 24.4. The van der Waals surface area contributed by atoms with Gasteiger partial charge in [0, 0.05) is 30.0 Å². The fourth-order valence-electron chi connectivity index (χ4n) is 3.28. The van der Waals surface area contributed by atoms with Crippen molar-refractivity contribution < 1.29 is 24.5 Å². The Morgan fingerprint density at radius 3 is 2.38 bits per heavy atom. The van der Waals surface area contributed by atoms with Gasteiger partial charge in [0.15, 0.2) is 11.5 Å². The molecule has 2 aromatic heterocycles. The van der Waals surface area contributed by atoms with E-state index in [9.17, 15) is 15.0 Å². The molecule has 0 fully saturated rings. The van der Waals surface area contributed by atoms with Gasteiger partial charge in [0.25, 0.3) is 0 Å². The van der Waals surface area contributed by atoms with E-state index in [2.05, 4.69) is 9.97 Å². The van der Waals surface area contributed by atoms with Gasteiger partial charge >= 0.3 is 5.97 Å². The second kappa shape index (κ2) is 8.94. The molecule has 2 heterocycles. The molecule has 10 nitrogen and oxygen atoms in total. The zero-order valence-electron chi connectivity index (χ0n) is 18.3. The van der Waals surface area contributed by atoms with E-state index in [1.165, 1.54) is 30.3 Å². The normalized spacial score (nSPS) is 10.6. The molecule has 0 amide bonds. The van der Waals surface area contributed by atoms with Crippen LogP contribution in [0.25, 0.3) is 5.69 Å². The average Bonchev–Trinajstić information content (AvgIpc) is 3.13. The Kier molecular flexibility index (Phi) is 5.88. The molecule has 0 aliphatic rings. The van der Waals surface area contributed by atoms with Gasteiger partial charge in [0.05, 0.1) is 16.9 Å². The molecule has 0 saturated carbocycles. The minimum atomic E-state index is -1.21. The lowest BCUT2D eigenvalue weighted by molar-refractivity contribution is 0.0696. The minimum absolute atomic E-state index is 0.0206. The number of phenolic OH excluding ortho intramolecular Hbond substituents is 1. The number of carboxylic acid groups (broad SMARTS) is 1. The third-order valence-corrected chi connectivity index (χ3v) is 4.83. The van der Waals surface area contributed by atoms with E-state index in [1.54, 1.807) is 18.2 Å². The lowest BCUT2D eigenvalue weighted by Gasteiger charge is -2.12. The predicted molar refractivity (Wildman–Crippen MR) is 124 cm³/mol. The van der Waals surface area contributed by atoms with Gasteiger partial charge in [-0.15, -0.1) is 0 Å². The summed E-state index contributed by atoms with van der Waals surface area (Å²) in [4.78, 5) is 20.3. The number of ether oxygens (including phenoxy) is 2. The zero-order valence-corrected chi connectivity index (χ0v) is 18.3. The van der Waals surface area contributed by atoms with Crippen LogP contribution in [-0.4, -0.2) is 36.6 Å². The van der Waals surface area contributed by atoms with Crippen LogP contribution in [0.3, 0.4) is 0 Å². The number of carboxylic acids is 1. The lowest BCUT2D eigenvalue weighted by atomic mass is 10.2. The summed E-state index contributed by atoms with van der Waals surface area (Å²) in [6.07, 6.45) is 1.89. The van der Waals surface area contributed by atoms with E-state index in [1.807, 2.05) is 30.7 Å². The van der Waals surface area contributed by atoms with Gasteiger partial charge in [0.1, 0.15) is 17.4 Å². The standard InChI is InChI=1S/C24H21N5O5/c1-13-12-29(14(2)27-13)17-4-3-5-18(11-17)33-21-9-16(24(31)32)10-22(28-21)34-20-8-15(23(25)26)6-7-19(20)30/h3-12,30H,1-2H3,(H3,25,26)(H,31,32). The molecule has 2 aromatic carbocycles. The summed E-state index contributed by atoms with van der Waals surface area (Å²) >= 11 is 0. The molecule has 0 bridgehead atoms. The first-order valence-electron chi connectivity index (χ1n) is 10.1. The van der Waals surface area contributed by atoms with E-state index < -0.39 is 5.97 Å². The first-order valence-corrected chi connectivity index (χ1v) is 10.1. The summed E-state index contributed by atoms with van der Waals surface area (Å²) in [5.41, 5.74) is 7.37. The number of phenols is 1. The number of nitrogens with two attached hydrogens (primary N) is 1. The number of pyridine rings is 1. The molecular weight excluding hydrogens is 438 g/mol. The summed E-state index contributed by atoms with van der Waals surface area (Å²) < 4.78 is 13.4. The molecule has 0 radical (unpaired) electrons. The van der Waals surface area contributed by atoms with E-state index in [-0.39, 0.29) is 34.7 Å². The molecule has 0 aliphatic heterocycles. The van der Waals surface area contributed by atoms with Crippen molar-refractivity contribution in [2.75, 3.05) is 0 Å². The third-order valence-electron chi connectivity index (χ3n) is 4.83. The van der Waals surface area contributed by atoms with E-state index in [4.69, 9.17) is 20.6 Å². The maximum Gasteiger partial charge on any atom is 0.336 e. The quantitative estimate of drug-likeness (QED) is 0.237. The minimum Gasteiger partial charge on any atom is -0.504 e. The fourth-order valence-corrected chi connectivity index (χ4v) is 3.28. The monoisotopic (exact) mass is 459 g/mol. The summed E-state index contributed by atoms with van der Waals surface area (Å²) in [6, 6.07) is 13.7. The lowest BCUT2D eigenvalue weighted by Crippen LogP contribution is -2.10. The highest BCUT2D eigenvalue weighted by Gasteiger charge is 2.15. The number of nitrogen functional groups attached to an aromatic ring is 1. The van der Waals surface area contributed by atoms with Gasteiger partial charge in [-0.3, -0.25) is 5.41 Å². The van der Waals surface area contributed by atoms with Crippen molar-refractivity contribution >= 4 is 11.8 Å². The van der Waals surface area contributed by atoms with E-state index in [0.29, 0.717) is 11.3 Å². The smallest absolute Gasteiger partial charge is 0.336 e. The number of carbonyl (C=O) groups is 1. The molecule has 4 aromatic rings. The van der Waals surface area contributed by atoms with Crippen LogP contribution in [-0.2, 0) is 0 Å². The Bertz CT molecular complexity index is 1410. The number of hydrogen-bond donors (Lipinski definition) is 4. The number of nitrogens with zero attached hydrogens (tertiary/aromatic N) is 3. The summed E-state index contributed by atoms with van der Waals surface area (Å²) in [6.45, 7) is 3.79. The molecule has 0 saturated heterocycles. The van der Waals surface area contributed by atoms with E-state index >= 15 is 0 Å².